The first-order chi connectivity index (χ1) is 19.6. The lowest BCUT2D eigenvalue weighted by Crippen LogP contribution is -2.52. The molecule has 220 valence electrons. The zero-order valence-corrected chi connectivity index (χ0v) is 24.5. The molecule has 0 saturated heterocycles. The highest BCUT2D eigenvalue weighted by Crippen LogP contribution is 2.27. The smallest absolute Gasteiger partial charge is 0.264 e. The number of nitrogens with zero attached hydrogens (tertiary/aromatic N) is 2. The summed E-state index contributed by atoms with van der Waals surface area (Å²) in [6.45, 7) is 5.65. The van der Waals surface area contributed by atoms with Crippen molar-refractivity contribution < 1.29 is 31.9 Å². The van der Waals surface area contributed by atoms with Crippen molar-refractivity contribution in [2.75, 3.05) is 31.1 Å². The van der Waals surface area contributed by atoms with E-state index in [1.807, 2.05) is 6.92 Å². The number of nitrogens with one attached hydrogen (secondary N) is 1. The largest absolute Gasteiger partial charge is 0.497 e. The number of hydrogen-bond acceptors (Lipinski definition) is 6. The molecule has 9 nitrogen and oxygen atoms in total. The van der Waals surface area contributed by atoms with Crippen molar-refractivity contribution in [2.24, 2.45) is 0 Å². The minimum Gasteiger partial charge on any atom is -0.497 e. The third-order valence-corrected chi connectivity index (χ3v) is 8.15. The van der Waals surface area contributed by atoms with Gasteiger partial charge in [-0.25, -0.2) is 12.8 Å². The molecule has 0 saturated carbocycles. The fraction of sp³-hybridized carbons (Fsp3) is 0.333. The quantitative estimate of drug-likeness (QED) is 0.301. The Hall–Kier alpha value is -4.12. The molecule has 0 unspecified atom stereocenters. The number of ether oxygens (including phenoxy) is 2. The fourth-order valence-electron chi connectivity index (χ4n) is 4.28. The van der Waals surface area contributed by atoms with Crippen molar-refractivity contribution in [3.8, 4) is 11.5 Å². The van der Waals surface area contributed by atoms with E-state index in [-0.39, 0.29) is 23.0 Å². The molecule has 0 heterocycles. The van der Waals surface area contributed by atoms with Crippen LogP contribution < -0.4 is 19.1 Å². The fourth-order valence-corrected chi connectivity index (χ4v) is 5.69. The Morgan fingerprint density at radius 1 is 0.902 bits per heavy atom. The van der Waals surface area contributed by atoms with Crippen LogP contribution in [0.4, 0.5) is 10.1 Å². The van der Waals surface area contributed by atoms with Gasteiger partial charge >= 0.3 is 0 Å². The third-order valence-electron chi connectivity index (χ3n) is 6.37. The number of likely N-dealkylation sites (N-methyl/N-ethyl adjacent to an activating group) is 1. The van der Waals surface area contributed by atoms with Crippen molar-refractivity contribution in [2.45, 2.75) is 44.7 Å². The summed E-state index contributed by atoms with van der Waals surface area (Å²) in [5.41, 5.74) is 0.942. The van der Waals surface area contributed by atoms with Gasteiger partial charge in [0.15, 0.2) is 0 Å². The standard InChI is InChI=1S/C30H36FN3O6S/c1-5-28(30(36)32-6-2)33(20-22-8-14-25(39-4)15-9-22)29(35)21-34(24-12-16-26(17-13-24)40-7-3)41(37,38)27-18-10-23(31)11-19-27/h8-19,28H,5-7,20-21H2,1-4H3,(H,32,36)/t28-/m1/s1. The number of halogens is 1. The summed E-state index contributed by atoms with van der Waals surface area (Å²) in [6, 6.07) is 16.9. The van der Waals surface area contributed by atoms with Crippen molar-refractivity contribution in [1.29, 1.82) is 0 Å². The van der Waals surface area contributed by atoms with Crippen LogP contribution in [0.3, 0.4) is 0 Å². The summed E-state index contributed by atoms with van der Waals surface area (Å²) < 4.78 is 52.9. The van der Waals surface area contributed by atoms with Gasteiger partial charge in [0.25, 0.3) is 10.0 Å². The first-order valence-corrected chi connectivity index (χ1v) is 14.8. The molecule has 0 fully saturated rings. The van der Waals surface area contributed by atoms with E-state index in [1.165, 1.54) is 17.0 Å². The molecule has 1 atom stereocenters. The monoisotopic (exact) mass is 585 g/mol. The highest BCUT2D eigenvalue weighted by Gasteiger charge is 2.33. The molecule has 0 spiro atoms. The lowest BCUT2D eigenvalue weighted by atomic mass is 10.1. The maximum Gasteiger partial charge on any atom is 0.264 e. The first kappa shape index (κ1) is 31.4. The van der Waals surface area contributed by atoms with E-state index in [1.54, 1.807) is 57.4 Å². The van der Waals surface area contributed by atoms with E-state index in [4.69, 9.17) is 9.47 Å². The van der Waals surface area contributed by atoms with Crippen LogP contribution >= 0.6 is 0 Å². The zero-order valence-electron chi connectivity index (χ0n) is 23.7. The molecule has 3 aromatic rings. The minimum absolute atomic E-state index is 0.0617. The Morgan fingerprint density at radius 3 is 2.05 bits per heavy atom. The highest BCUT2D eigenvalue weighted by molar-refractivity contribution is 7.92. The second kappa shape index (κ2) is 14.5. The number of anilines is 1. The molecule has 1 N–H and O–H groups in total. The van der Waals surface area contributed by atoms with Gasteiger partial charge in [-0.15, -0.1) is 0 Å². The van der Waals surface area contributed by atoms with Gasteiger partial charge in [-0.3, -0.25) is 13.9 Å². The van der Waals surface area contributed by atoms with Crippen molar-refractivity contribution in [3.63, 3.8) is 0 Å². The topological polar surface area (TPSA) is 105 Å². The van der Waals surface area contributed by atoms with Crippen molar-refractivity contribution >= 4 is 27.5 Å². The SMILES string of the molecule is CCNC(=O)[C@@H](CC)N(Cc1ccc(OC)cc1)C(=O)CN(c1ccc(OCC)cc1)S(=O)(=O)c1ccc(F)cc1. The number of rotatable bonds is 14. The number of carbonyl (C=O) groups is 2. The number of carbonyl (C=O) groups excluding carboxylic acids is 2. The molecule has 11 heteroatoms. The van der Waals surface area contributed by atoms with Crippen LogP contribution in [-0.4, -0.2) is 58.0 Å². The molecule has 0 radical (unpaired) electrons. The van der Waals surface area contributed by atoms with Crippen LogP contribution in [0.15, 0.2) is 77.7 Å². The van der Waals surface area contributed by atoms with Gasteiger partial charge in [0, 0.05) is 13.1 Å². The molecule has 3 aromatic carbocycles. The molecule has 0 bridgehead atoms. The van der Waals surface area contributed by atoms with Crippen LogP contribution in [0.1, 0.15) is 32.8 Å². The number of amides is 2. The number of hydrogen-bond donors (Lipinski definition) is 1. The lowest BCUT2D eigenvalue weighted by molar-refractivity contribution is -0.140. The second-order valence-corrected chi connectivity index (χ2v) is 10.9. The summed E-state index contributed by atoms with van der Waals surface area (Å²) in [4.78, 5) is 28.2. The predicted octanol–water partition coefficient (Wildman–Crippen LogP) is 4.37. The van der Waals surface area contributed by atoms with Gasteiger partial charge in [0.1, 0.15) is 29.9 Å². The van der Waals surface area contributed by atoms with E-state index in [0.29, 0.717) is 31.1 Å². The molecule has 0 aliphatic rings. The first-order valence-electron chi connectivity index (χ1n) is 13.4. The predicted molar refractivity (Wildman–Crippen MR) is 155 cm³/mol. The van der Waals surface area contributed by atoms with Crippen LogP contribution in [0, 0.1) is 5.82 Å². The molecule has 0 aliphatic heterocycles. The van der Waals surface area contributed by atoms with Gasteiger partial charge in [-0.1, -0.05) is 19.1 Å². The molecule has 0 aliphatic carbocycles. The van der Waals surface area contributed by atoms with E-state index in [9.17, 15) is 22.4 Å². The maximum atomic E-state index is 14.0. The Labute approximate surface area is 240 Å². The second-order valence-electron chi connectivity index (χ2n) is 9.08. The average molecular weight is 586 g/mol. The normalized spacial score (nSPS) is 11.8. The van der Waals surface area contributed by atoms with Gasteiger partial charge in [0.2, 0.25) is 11.8 Å². The molecule has 41 heavy (non-hydrogen) atoms. The summed E-state index contributed by atoms with van der Waals surface area (Å²) >= 11 is 0. The van der Waals surface area contributed by atoms with Crippen LogP contribution in [-0.2, 0) is 26.2 Å². The molecular formula is C30H36FN3O6S. The van der Waals surface area contributed by atoms with Crippen molar-refractivity contribution in [3.05, 3.63) is 84.2 Å². The third kappa shape index (κ3) is 7.97. The summed E-state index contributed by atoms with van der Waals surface area (Å²) in [5.74, 6) is -0.352. The maximum absolute atomic E-state index is 14.0. The van der Waals surface area contributed by atoms with E-state index in [0.717, 1.165) is 34.1 Å². The Kier molecular flexibility index (Phi) is 11.1. The summed E-state index contributed by atoms with van der Waals surface area (Å²) in [6.07, 6.45) is 0.307. The van der Waals surface area contributed by atoms with E-state index in [2.05, 4.69) is 5.32 Å². The molecule has 0 aromatic heterocycles. The van der Waals surface area contributed by atoms with E-state index >= 15 is 0 Å². The average Bonchev–Trinajstić information content (AvgIpc) is 2.97. The molecule has 3 rings (SSSR count). The minimum atomic E-state index is -4.31. The van der Waals surface area contributed by atoms with Gasteiger partial charge < -0.3 is 19.7 Å². The summed E-state index contributed by atoms with van der Waals surface area (Å²) in [5, 5.41) is 2.77. The lowest BCUT2D eigenvalue weighted by Gasteiger charge is -2.33. The van der Waals surface area contributed by atoms with Gasteiger partial charge in [0.05, 0.1) is 24.3 Å². The summed E-state index contributed by atoms with van der Waals surface area (Å²) in [7, 11) is -2.76. The number of methoxy groups -OCH3 is 1. The number of benzene rings is 3. The van der Waals surface area contributed by atoms with Crippen LogP contribution in [0.2, 0.25) is 0 Å². The zero-order chi connectivity index (χ0) is 30.0. The Bertz CT molecular complexity index is 1400. The number of sulfonamides is 1. The molecule has 2 amide bonds. The highest BCUT2D eigenvalue weighted by atomic mass is 32.2. The van der Waals surface area contributed by atoms with Gasteiger partial charge in [-0.05, 0) is 86.5 Å². The van der Waals surface area contributed by atoms with Crippen molar-refractivity contribution in [1.82, 2.24) is 10.2 Å². The Morgan fingerprint density at radius 2 is 1.51 bits per heavy atom. The van der Waals surface area contributed by atoms with E-state index < -0.39 is 34.3 Å². The van der Waals surface area contributed by atoms with Crippen LogP contribution in [0.5, 0.6) is 11.5 Å². The Balaban J connectivity index is 2.05. The van der Waals surface area contributed by atoms with Gasteiger partial charge in [-0.2, -0.15) is 0 Å². The van der Waals surface area contributed by atoms with Crippen LogP contribution in [0.25, 0.3) is 0 Å². The molecular weight excluding hydrogens is 549 g/mol.